The summed E-state index contributed by atoms with van der Waals surface area (Å²) >= 11 is 0. The molecule has 0 aliphatic heterocycles. The third-order valence-electron chi connectivity index (χ3n) is 2.34. The first-order valence-corrected chi connectivity index (χ1v) is 5.24. The Kier molecular flexibility index (Phi) is 6.89. The van der Waals surface area contributed by atoms with E-state index >= 15 is 0 Å². The average molecular weight is 237 g/mol. The van der Waals surface area contributed by atoms with Gasteiger partial charge >= 0.3 is 0 Å². The molecule has 1 rings (SSSR count). The largest absolute Gasteiger partial charge is 0.369 e. The molecule has 90 valence electrons. The number of carbonyl (C=O) groups is 1. The van der Waals surface area contributed by atoms with E-state index in [1.807, 2.05) is 13.8 Å². The van der Waals surface area contributed by atoms with Gasteiger partial charge in [0, 0.05) is 12.6 Å². The van der Waals surface area contributed by atoms with E-state index in [0.29, 0.717) is 12.5 Å². The second-order valence-electron chi connectivity index (χ2n) is 4.11. The van der Waals surface area contributed by atoms with Crippen molar-refractivity contribution in [2.45, 2.75) is 38.8 Å². The van der Waals surface area contributed by atoms with Crippen molar-refractivity contribution in [1.29, 1.82) is 0 Å². The van der Waals surface area contributed by atoms with Gasteiger partial charge in [-0.2, -0.15) is 0 Å². The molecule has 1 amide bonds. The van der Waals surface area contributed by atoms with Crippen LogP contribution in [0.3, 0.4) is 0 Å². The number of rotatable bonds is 6. The molecule has 0 aromatic carbocycles. The van der Waals surface area contributed by atoms with Crippen molar-refractivity contribution < 1.29 is 9.53 Å². The standard InChI is InChI=1S/C10H20N2O2.ClH/c1-7(2)14-6-10(13)12-9(5-11)8-3-4-8;/h7-9H,3-6,11H2,1-2H3,(H,12,13);1H. The molecule has 0 aromatic rings. The van der Waals surface area contributed by atoms with Crippen LogP contribution in [0.15, 0.2) is 0 Å². The maximum atomic E-state index is 11.4. The Bertz CT molecular complexity index is 196. The Balaban J connectivity index is 0.00000196. The van der Waals surface area contributed by atoms with Gasteiger partial charge in [-0.25, -0.2) is 0 Å². The van der Waals surface area contributed by atoms with Crippen LogP contribution in [-0.2, 0) is 9.53 Å². The van der Waals surface area contributed by atoms with Crippen molar-refractivity contribution in [2.75, 3.05) is 13.2 Å². The molecule has 1 aliphatic carbocycles. The summed E-state index contributed by atoms with van der Waals surface area (Å²) in [5, 5.41) is 2.90. The van der Waals surface area contributed by atoms with Crippen molar-refractivity contribution in [3.63, 3.8) is 0 Å². The lowest BCUT2D eigenvalue weighted by Crippen LogP contribution is -2.43. The zero-order valence-electron chi connectivity index (χ0n) is 9.36. The van der Waals surface area contributed by atoms with E-state index in [-0.39, 0.29) is 37.1 Å². The van der Waals surface area contributed by atoms with Crippen LogP contribution in [0.25, 0.3) is 0 Å². The molecule has 3 N–H and O–H groups in total. The molecule has 0 heterocycles. The number of carbonyl (C=O) groups excluding carboxylic acids is 1. The summed E-state index contributed by atoms with van der Waals surface area (Å²) in [4.78, 5) is 11.4. The molecule has 1 fully saturated rings. The molecule has 1 saturated carbocycles. The lowest BCUT2D eigenvalue weighted by molar-refractivity contribution is -0.127. The minimum absolute atomic E-state index is 0. The van der Waals surface area contributed by atoms with Crippen LogP contribution < -0.4 is 11.1 Å². The zero-order chi connectivity index (χ0) is 10.6. The van der Waals surface area contributed by atoms with Crippen LogP contribution in [0.4, 0.5) is 0 Å². The molecule has 0 saturated heterocycles. The lowest BCUT2D eigenvalue weighted by Gasteiger charge is -2.16. The van der Waals surface area contributed by atoms with E-state index in [9.17, 15) is 4.79 Å². The smallest absolute Gasteiger partial charge is 0.246 e. The minimum atomic E-state index is -0.0546. The highest BCUT2D eigenvalue weighted by Crippen LogP contribution is 2.32. The summed E-state index contributed by atoms with van der Waals surface area (Å²) in [7, 11) is 0. The number of hydrogen-bond donors (Lipinski definition) is 2. The predicted octanol–water partition coefficient (Wildman–Crippen LogP) is 0.687. The highest BCUT2D eigenvalue weighted by molar-refractivity contribution is 5.85. The van der Waals surface area contributed by atoms with Gasteiger partial charge in [0.1, 0.15) is 6.61 Å². The Morgan fingerprint density at radius 1 is 1.53 bits per heavy atom. The van der Waals surface area contributed by atoms with E-state index in [4.69, 9.17) is 10.5 Å². The number of ether oxygens (including phenoxy) is 1. The highest BCUT2D eigenvalue weighted by Gasteiger charge is 2.31. The highest BCUT2D eigenvalue weighted by atomic mass is 35.5. The van der Waals surface area contributed by atoms with Gasteiger partial charge in [0.25, 0.3) is 0 Å². The van der Waals surface area contributed by atoms with Gasteiger partial charge < -0.3 is 15.8 Å². The third kappa shape index (κ3) is 5.97. The molecular formula is C10H21ClN2O2. The first-order valence-electron chi connectivity index (χ1n) is 5.24. The Morgan fingerprint density at radius 2 is 2.13 bits per heavy atom. The third-order valence-corrected chi connectivity index (χ3v) is 2.34. The summed E-state index contributed by atoms with van der Waals surface area (Å²) in [6.45, 7) is 4.49. The molecule has 1 atom stereocenters. The molecule has 1 unspecified atom stereocenters. The fourth-order valence-corrected chi connectivity index (χ4v) is 1.36. The normalized spacial score (nSPS) is 17.1. The molecule has 0 bridgehead atoms. The van der Waals surface area contributed by atoms with E-state index < -0.39 is 0 Å². The summed E-state index contributed by atoms with van der Waals surface area (Å²) in [6.07, 6.45) is 2.47. The maximum Gasteiger partial charge on any atom is 0.246 e. The summed E-state index contributed by atoms with van der Waals surface area (Å²) < 4.78 is 5.20. The molecule has 1 aliphatic rings. The van der Waals surface area contributed by atoms with Gasteiger partial charge in [-0.15, -0.1) is 12.4 Å². The van der Waals surface area contributed by atoms with E-state index in [1.165, 1.54) is 12.8 Å². The van der Waals surface area contributed by atoms with Gasteiger partial charge in [0.2, 0.25) is 5.91 Å². The van der Waals surface area contributed by atoms with Gasteiger partial charge in [-0.1, -0.05) is 0 Å². The summed E-state index contributed by atoms with van der Waals surface area (Å²) in [6, 6.07) is 0.151. The monoisotopic (exact) mass is 236 g/mol. The Labute approximate surface area is 97.3 Å². The first kappa shape index (κ1) is 14.7. The number of hydrogen-bond acceptors (Lipinski definition) is 3. The van der Waals surface area contributed by atoms with Crippen molar-refractivity contribution in [3.05, 3.63) is 0 Å². The van der Waals surface area contributed by atoms with Crippen LogP contribution in [0.5, 0.6) is 0 Å². The van der Waals surface area contributed by atoms with Crippen molar-refractivity contribution in [3.8, 4) is 0 Å². The van der Waals surface area contributed by atoms with Crippen LogP contribution in [-0.4, -0.2) is 31.2 Å². The van der Waals surface area contributed by atoms with Crippen LogP contribution in [0.1, 0.15) is 26.7 Å². The molecule has 0 spiro atoms. The van der Waals surface area contributed by atoms with Crippen LogP contribution in [0.2, 0.25) is 0 Å². The van der Waals surface area contributed by atoms with E-state index in [0.717, 1.165) is 0 Å². The molecule has 15 heavy (non-hydrogen) atoms. The minimum Gasteiger partial charge on any atom is -0.369 e. The van der Waals surface area contributed by atoms with Crippen molar-refractivity contribution in [2.24, 2.45) is 11.7 Å². The molecular weight excluding hydrogens is 216 g/mol. The number of halogens is 1. The van der Waals surface area contributed by atoms with Gasteiger partial charge in [0.05, 0.1) is 6.10 Å². The zero-order valence-corrected chi connectivity index (χ0v) is 10.2. The van der Waals surface area contributed by atoms with Crippen LogP contribution in [0, 0.1) is 5.92 Å². The predicted molar refractivity (Wildman–Crippen MR) is 62.0 cm³/mol. The summed E-state index contributed by atoms with van der Waals surface area (Å²) in [5.41, 5.74) is 5.56. The fraction of sp³-hybridized carbons (Fsp3) is 0.900. The number of nitrogens with one attached hydrogen (secondary N) is 1. The van der Waals surface area contributed by atoms with E-state index in [2.05, 4.69) is 5.32 Å². The first-order chi connectivity index (χ1) is 6.63. The Hall–Kier alpha value is -0.320. The molecule has 5 heteroatoms. The second-order valence-corrected chi connectivity index (χ2v) is 4.11. The molecule has 4 nitrogen and oxygen atoms in total. The number of amides is 1. The van der Waals surface area contributed by atoms with E-state index in [1.54, 1.807) is 0 Å². The van der Waals surface area contributed by atoms with Crippen molar-refractivity contribution in [1.82, 2.24) is 5.32 Å². The Morgan fingerprint density at radius 3 is 2.53 bits per heavy atom. The van der Waals surface area contributed by atoms with Gasteiger partial charge in [-0.3, -0.25) is 4.79 Å². The van der Waals surface area contributed by atoms with Crippen LogP contribution >= 0.6 is 12.4 Å². The van der Waals surface area contributed by atoms with Gasteiger partial charge in [0.15, 0.2) is 0 Å². The average Bonchev–Trinajstić information content (AvgIpc) is 2.94. The van der Waals surface area contributed by atoms with Gasteiger partial charge in [-0.05, 0) is 32.6 Å². The quantitative estimate of drug-likeness (QED) is 0.713. The SMILES string of the molecule is CC(C)OCC(=O)NC(CN)C1CC1.Cl. The maximum absolute atomic E-state index is 11.4. The topological polar surface area (TPSA) is 64.3 Å². The van der Waals surface area contributed by atoms with Crippen molar-refractivity contribution >= 4 is 18.3 Å². The fourth-order valence-electron chi connectivity index (χ4n) is 1.36. The lowest BCUT2D eigenvalue weighted by atomic mass is 10.2. The second kappa shape index (κ2) is 7.04. The molecule has 0 aromatic heterocycles. The number of nitrogens with two attached hydrogens (primary N) is 1. The molecule has 0 radical (unpaired) electrons. The summed E-state index contributed by atoms with van der Waals surface area (Å²) in [5.74, 6) is 0.545.